The summed E-state index contributed by atoms with van der Waals surface area (Å²) in [6.07, 6.45) is 2.57. The maximum atomic E-state index is 12.0. The fourth-order valence-electron chi connectivity index (χ4n) is 2.27. The average molecular weight is 249 g/mol. The normalized spacial score (nSPS) is 22.8. The number of hydrogen-bond acceptors (Lipinski definition) is 4. The summed E-state index contributed by atoms with van der Waals surface area (Å²) >= 11 is 0. The molecule has 1 saturated heterocycles. The first kappa shape index (κ1) is 12.8. The zero-order valence-corrected chi connectivity index (χ0v) is 10.8. The number of methoxy groups -OCH3 is 1. The number of carbonyl (C=O) groups is 1. The molecule has 2 atom stereocenters. The van der Waals surface area contributed by atoms with Gasteiger partial charge in [-0.3, -0.25) is 4.79 Å². The molecule has 0 saturated carbocycles. The summed E-state index contributed by atoms with van der Waals surface area (Å²) in [6, 6.07) is 3.99. The zero-order valence-electron chi connectivity index (χ0n) is 10.8. The third kappa shape index (κ3) is 2.79. The number of aromatic nitrogens is 1. The van der Waals surface area contributed by atoms with Crippen LogP contribution in [-0.4, -0.2) is 30.6 Å². The lowest BCUT2D eigenvalue weighted by molar-refractivity contribution is -0.125. The molecule has 2 heterocycles. The summed E-state index contributed by atoms with van der Waals surface area (Å²) in [4.78, 5) is 16.1. The molecule has 5 heteroatoms. The Hall–Kier alpha value is -1.62. The first-order chi connectivity index (χ1) is 8.72. The Kier molecular flexibility index (Phi) is 4.15. The lowest BCUT2D eigenvalue weighted by Gasteiger charge is -2.15. The van der Waals surface area contributed by atoms with Gasteiger partial charge in [0.1, 0.15) is 0 Å². The van der Waals surface area contributed by atoms with Crippen molar-refractivity contribution in [3.63, 3.8) is 0 Å². The van der Waals surface area contributed by atoms with Gasteiger partial charge < -0.3 is 15.4 Å². The molecular formula is C13H19N3O2. The number of rotatable bonds is 4. The largest absolute Gasteiger partial charge is 0.481 e. The van der Waals surface area contributed by atoms with Gasteiger partial charge in [0.2, 0.25) is 11.8 Å². The molecule has 2 N–H and O–H groups in total. The summed E-state index contributed by atoms with van der Waals surface area (Å²) in [5.74, 6) is 0.724. The Morgan fingerprint density at radius 2 is 2.50 bits per heavy atom. The highest BCUT2D eigenvalue weighted by Gasteiger charge is 2.29. The molecule has 2 rings (SSSR count). The van der Waals surface area contributed by atoms with Gasteiger partial charge in [0.25, 0.3) is 0 Å². The van der Waals surface area contributed by atoms with Crippen LogP contribution in [-0.2, 0) is 11.3 Å². The molecule has 0 spiro atoms. The smallest absolute Gasteiger partial charge is 0.224 e. The van der Waals surface area contributed by atoms with Crippen LogP contribution in [0.15, 0.2) is 18.3 Å². The molecule has 0 bridgehead atoms. The van der Waals surface area contributed by atoms with Crippen molar-refractivity contribution in [2.24, 2.45) is 5.92 Å². The SMILES string of the molecule is COc1ncccc1CNC(=O)C1CCNC1C. The highest BCUT2D eigenvalue weighted by atomic mass is 16.5. The Morgan fingerprint density at radius 1 is 1.67 bits per heavy atom. The van der Waals surface area contributed by atoms with E-state index < -0.39 is 0 Å². The van der Waals surface area contributed by atoms with E-state index in [2.05, 4.69) is 15.6 Å². The average Bonchev–Trinajstić information content (AvgIpc) is 2.82. The first-order valence-electron chi connectivity index (χ1n) is 6.21. The molecule has 2 unspecified atom stereocenters. The second-order valence-electron chi connectivity index (χ2n) is 4.53. The van der Waals surface area contributed by atoms with Crippen LogP contribution in [0.2, 0.25) is 0 Å². The van der Waals surface area contributed by atoms with E-state index in [0.717, 1.165) is 18.5 Å². The molecule has 98 valence electrons. The fourth-order valence-corrected chi connectivity index (χ4v) is 2.27. The number of nitrogens with zero attached hydrogens (tertiary/aromatic N) is 1. The van der Waals surface area contributed by atoms with E-state index in [9.17, 15) is 4.79 Å². The summed E-state index contributed by atoms with van der Waals surface area (Å²) in [5, 5.41) is 6.22. The third-order valence-electron chi connectivity index (χ3n) is 3.36. The van der Waals surface area contributed by atoms with Gasteiger partial charge in [0.15, 0.2) is 0 Å². The lowest BCUT2D eigenvalue weighted by atomic mass is 10.0. The monoisotopic (exact) mass is 249 g/mol. The van der Waals surface area contributed by atoms with Gasteiger partial charge in [0, 0.05) is 24.3 Å². The first-order valence-corrected chi connectivity index (χ1v) is 6.21. The third-order valence-corrected chi connectivity index (χ3v) is 3.36. The number of ether oxygens (including phenoxy) is 1. The van der Waals surface area contributed by atoms with E-state index >= 15 is 0 Å². The van der Waals surface area contributed by atoms with E-state index in [1.165, 1.54) is 0 Å². The second-order valence-corrected chi connectivity index (χ2v) is 4.53. The summed E-state index contributed by atoms with van der Waals surface area (Å²) < 4.78 is 5.15. The van der Waals surface area contributed by atoms with E-state index in [0.29, 0.717) is 12.4 Å². The molecule has 5 nitrogen and oxygen atoms in total. The van der Waals surface area contributed by atoms with Gasteiger partial charge in [-0.05, 0) is 26.0 Å². The van der Waals surface area contributed by atoms with Gasteiger partial charge in [-0.1, -0.05) is 6.07 Å². The quantitative estimate of drug-likeness (QED) is 0.824. The van der Waals surface area contributed by atoms with Gasteiger partial charge in [-0.15, -0.1) is 0 Å². The minimum Gasteiger partial charge on any atom is -0.481 e. The van der Waals surface area contributed by atoms with Crippen LogP contribution in [0, 0.1) is 5.92 Å². The molecule has 1 amide bonds. The van der Waals surface area contributed by atoms with Crippen LogP contribution in [0.1, 0.15) is 18.9 Å². The van der Waals surface area contributed by atoms with Crippen molar-refractivity contribution in [3.8, 4) is 5.88 Å². The van der Waals surface area contributed by atoms with E-state index in [1.54, 1.807) is 13.3 Å². The molecule has 1 fully saturated rings. The topological polar surface area (TPSA) is 63.2 Å². The second kappa shape index (κ2) is 5.82. The standard InChI is InChI=1S/C13H19N3O2/c1-9-11(5-7-14-9)12(17)16-8-10-4-3-6-15-13(10)18-2/h3-4,6,9,11,14H,5,7-8H2,1-2H3,(H,16,17). The van der Waals surface area contributed by atoms with Crippen LogP contribution < -0.4 is 15.4 Å². The number of hydrogen-bond donors (Lipinski definition) is 2. The molecule has 1 aliphatic heterocycles. The predicted octanol–water partition coefficient (Wildman–Crippen LogP) is 0.704. The Balaban J connectivity index is 1.93. The van der Waals surface area contributed by atoms with E-state index in [1.807, 2.05) is 19.1 Å². The number of carbonyl (C=O) groups excluding carboxylic acids is 1. The summed E-state index contributed by atoms with van der Waals surface area (Å²) in [7, 11) is 1.58. The van der Waals surface area contributed by atoms with Crippen molar-refractivity contribution < 1.29 is 9.53 Å². The van der Waals surface area contributed by atoms with Crippen LogP contribution in [0.3, 0.4) is 0 Å². The van der Waals surface area contributed by atoms with Crippen LogP contribution in [0.5, 0.6) is 5.88 Å². The van der Waals surface area contributed by atoms with Crippen LogP contribution in [0.25, 0.3) is 0 Å². The van der Waals surface area contributed by atoms with Crippen molar-refractivity contribution >= 4 is 5.91 Å². The Bertz CT molecular complexity index is 422. The maximum Gasteiger partial charge on any atom is 0.224 e. The molecule has 1 aromatic rings. The van der Waals surface area contributed by atoms with Gasteiger partial charge in [-0.2, -0.15) is 0 Å². The molecular weight excluding hydrogens is 230 g/mol. The van der Waals surface area contributed by atoms with E-state index in [-0.39, 0.29) is 17.9 Å². The number of pyridine rings is 1. The lowest BCUT2D eigenvalue weighted by Crippen LogP contribution is -2.36. The van der Waals surface area contributed by atoms with Crippen LogP contribution in [0.4, 0.5) is 0 Å². The van der Waals surface area contributed by atoms with Crippen molar-refractivity contribution in [1.29, 1.82) is 0 Å². The van der Waals surface area contributed by atoms with Crippen molar-refractivity contribution in [2.45, 2.75) is 25.9 Å². The minimum atomic E-state index is 0.0627. The fraction of sp³-hybridized carbons (Fsp3) is 0.538. The molecule has 1 aliphatic rings. The van der Waals surface area contributed by atoms with Gasteiger partial charge in [0.05, 0.1) is 13.0 Å². The Labute approximate surface area is 107 Å². The Morgan fingerprint density at radius 3 is 3.17 bits per heavy atom. The van der Waals surface area contributed by atoms with Crippen molar-refractivity contribution in [1.82, 2.24) is 15.6 Å². The molecule has 1 aromatic heterocycles. The van der Waals surface area contributed by atoms with E-state index in [4.69, 9.17) is 4.74 Å². The van der Waals surface area contributed by atoms with Gasteiger partial charge >= 0.3 is 0 Å². The minimum absolute atomic E-state index is 0.0627. The molecule has 0 aromatic carbocycles. The molecule has 0 radical (unpaired) electrons. The highest BCUT2D eigenvalue weighted by molar-refractivity contribution is 5.79. The van der Waals surface area contributed by atoms with Crippen molar-refractivity contribution in [3.05, 3.63) is 23.9 Å². The molecule has 18 heavy (non-hydrogen) atoms. The highest BCUT2D eigenvalue weighted by Crippen LogP contribution is 2.17. The maximum absolute atomic E-state index is 12.0. The predicted molar refractivity (Wildman–Crippen MR) is 68.2 cm³/mol. The van der Waals surface area contributed by atoms with Crippen molar-refractivity contribution in [2.75, 3.05) is 13.7 Å². The van der Waals surface area contributed by atoms with Gasteiger partial charge in [-0.25, -0.2) is 4.98 Å². The number of amides is 1. The zero-order chi connectivity index (χ0) is 13.0. The van der Waals surface area contributed by atoms with Crippen LogP contribution >= 0.6 is 0 Å². The number of nitrogens with one attached hydrogen (secondary N) is 2. The molecule has 0 aliphatic carbocycles. The summed E-state index contributed by atoms with van der Waals surface area (Å²) in [6.45, 7) is 3.41. The summed E-state index contributed by atoms with van der Waals surface area (Å²) in [5.41, 5.74) is 0.895.